The van der Waals surface area contributed by atoms with E-state index in [2.05, 4.69) is 48.7 Å². The lowest BCUT2D eigenvalue weighted by molar-refractivity contribution is 0.0731. The molecule has 3 nitrogen and oxygen atoms in total. The van der Waals surface area contributed by atoms with E-state index < -0.39 is 0 Å². The molecule has 2 N–H and O–H groups in total. The Hall–Kier alpha value is -0.710. The zero-order chi connectivity index (χ0) is 13.5. The van der Waals surface area contributed by atoms with E-state index in [0.29, 0.717) is 12.1 Å². The molecule has 0 amide bonds. The second-order valence-corrected chi connectivity index (χ2v) is 6.24. The predicted molar refractivity (Wildman–Crippen MR) is 83.2 cm³/mol. The van der Waals surface area contributed by atoms with Crippen LogP contribution in [0.1, 0.15) is 20.3 Å². The lowest BCUT2D eigenvalue weighted by atomic mass is 10.1. The van der Waals surface area contributed by atoms with Gasteiger partial charge in [-0.15, -0.1) is 11.8 Å². The molecular weight excluding hydrogens is 256 g/mol. The fraction of sp³-hybridized carbons (Fsp3) is 0.600. The van der Waals surface area contributed by atoms with E-state index in [1.165, 1.54) is 10.6 Å². The SMILES string of the molecule is CCSc1ccccc1NC(C)CC1COCCN1. The Morgan fingerprint density at radius 3 is 3.05 bits per heavy atom. The third-order valence-electron chi connectivity index (χ3n) is 3.23. The fourth-order valence-corrected chi connectivity index (χ4v) is 3.16. The molecule has 1 aliphatic rings. The summed E-state index contributed by atoms with van der Waals surface area (Å²) in [7, 11) is 0. The van der Waals surface area contributed by atoms with Gasteiger partial charge in [-0.05, 0) is 31.2 Å². The van der Waals surface area contributed by atoms with Gasteiger partial charge in [-0.1, -0.05) is 19.1 Å². The maximum absolute atomic E-state index is 5.50. The van der Waals surface area contributed by atoms with Crippen molar-refractivity contribution < 1.29 is 4.74 Å². The largest absolute Gasteiger partial charge is 0.382 e. The van der Waals surface area contributed by atoms with E-state index in [4.69, 9.17) is 4.74 Å². The molecule has 106 valence electrons. The molecule has 0 aliphatic carbocycles. The summed E-state index contributed by atoms with van der Waals surface area (Å²) < 4.78 is 5.50. The Balaban J connectivity index is 1.88. The standard InChI is InChI=1S/C15H24N2OS/c1-3-19-15-7-5-4-6-14(15)17-12(2)10-13-11-18-9-8-16-13/h4-7,12-13,16-17H,3,8-11H2,1-2H3. The molecule has 0 aromatic heterocycles. The second-order valence-electron chi connectivity index (χ2n) is 4.94. The number of morpholine rings is 1. The van der Waals surface area contributed by atoms with Crippen molar-refractivity contribution in [1.82, 2.24) is 5.32 Å². The minimum atomic E-state index is 0.442. The van der Waals surface area contributed by atoms with Crippen LogP contribution in [0, 0.1) is 0 Å². The first-order chi connectivity index (χ1) is 9.29. The molecule has 1 aliphatic heterocycles. The van der Waals surface area contributed by atoms with Gasteiger partial charge >= 0.3 is 0 Å². The van der Waals surface area contributed by atoms with Gasteiger partial charge in [0.15, 0.2) is 0 Å². The average molecular weight is 280 g/mol. The van der Waals surface area contributed by atoms with E-state index in [9.17, 15) is 0 Å². The lowest BCUT2D eigenvalue weighted by Gasteiger charge is -2.27. The molecule has 1 aromatic rings. The highest BCUT2D eigenvalue weighted by atomic mass is 32.2. The highest BCUT2D eigenvalue weighted by Gasteiger charge is 2.16. The Bertz CT molecular complexity index is 380. The van der Waals surface area contributed by atoms with Gasteiger partial charge in [0.05, 0.1) is 13.2 Å². The number of hydrogen-bond acceptors (Lipinski definition) is 4. The van der Waals surface area contributed by atoms with E-state index in [1.807, 2.05) is 11.8 Å². The van der Waals surface area contributed by atoms with Gasteiger partial charge in [-0.2, -0.15) is 0 Å². The van der Waals surface area contributed by atoms with Crippen molar-refractivity contribution in [2.24, 2.45) is 0 Å². The molecule has 2 atom stereocenters. The van der Waals surface area contributed by atoms with Crippen molar-refractivity contribution in [2.75, 3.05) is 30.8 Å². The monoisotopic (exact) mass is 280 g/mol. The van der Waals surface area contributed by atoms with Gasteiger partial charge in [0.2, 0.25) is 0 Å². The molecule has 0 radical (unpaired) electrons. The maximum atomic E-state index is 5.50. The number of rotatable bonds is 6. The minimum absolute atomic E-state index is 0.442. The van der Waals surface area contributed by atoms with Crippen molar-refractivity contribution in [3.8, 4) is 0 Å². The molecular formula is C15H24N2OS. The normalized spacial score (nSPS) is 21.1. The first-order valence-corrected chi connectivity index (χ1v) is 8.07. The van der Waals surface area contributed by atoms with Crippen LogP contribution in [0.3, 0.4) is 0 Å². The van der Waals surface area contributed by atoms with Gasteiger partial charge in [0.1, 0.15) is 0 Å². The van der Waals surface area contributed by atoms with Crippen LogP contribution in [-0.4, -0.2) is 37.6 Å². The number of anilines is 1. The van der Waals surface area contributed by atoms with Crippen LogP contribution in [0.4, 0.5) is 5.69 Å². The second kappa shape index (κ2) is 7.78. The first kappa shape index (κ1) is 14.7. The van der Waals surface area contributed by atoms with Crippen molar-refractivity contribution in [2.45, 2.75) is 37.2 Å². The molecule has 4 heteroatoms. The van der Waals surface area contributed by atoms with Crippen LogP contribution < -0.4 is 10.6 Å². The molecule has 2 unspecified atom stereocenters. The third-order valence-corrected chi connectivity index (χ3v) is 4.18. The molecule has 0 bridgehead atoms. The van der Waals surface area contributed by atoms with Crippen LogP contribution >= 0.6 is 11.8 Å². The van der Waals surface area contributed by atoms with E-state index >= 15 is 0 Å². The molecule has 1 heterocycles. The lowest BCUT2D eigenvalue weighted by Crippen LogP contribution is -2.43. The quantitative estimate of drug-likeness (QED) is 0.785. The summed E-state index contributed by atoms with van der Waals surface area (Å²) in [4.78, 5) is 1.34. The molecule has 0 spiro atoms. The van der Waals surface area contributed by atoms with Gasteiger partial charge in [-0.25, -0.2) is 0 Å². The highest BCUT2D eigenvalue weighted by molar-refractivity contribution is 7.99. The number of benzene rings is 1. The fourth-order valence-electron chi connectivity index (χ4n) is 2.39. The van der Waals surface area contributed by atoms with Crippen LogP contribution in [0.5, 0.6) is 0 Å². The summed E-state index contributed by atoms with van der Waals surface area (Å²) in [6, 6.07) is 9.46. The van der Waals surface area contributed by atoms with E-state index in [0.717, 1.165) is 31.9 Å². The summed E-state index contributed by atoms with van der Waals surface area (Å²) >= 11 is 1.89. The number of para-hydroxylation sites is 1. The molecule has 1 fully saturated rings. The Morgan fingerprint density at radius 2 is 2.32 bits per heavy atom. The highest BCUT2D eigenvalue weighted by Crippen LogP contribution is 2.27. The zero-order valence-electron chi connectivity index (χ0n) is 11.8. The first-order valence-electron chi connectivity index (χ1n) is 7.09. The van der Waals surface area contributed by atoms with Gasteiger partial charge in [0, 0.05) is 29.2 Å². The topological polar surface area (TPSA) is 33.3 Å². The molecule has 1 aromatic carbocycles. The molecule has 0 saturated carbocycles. The van der Waals surface area contributed by atoms with Crippen molar-refractivity contribution in [1.29, 1.82) is 0 Å². The van der Waals surface area contributed by atoms with Gasteiger partial charge < -0.3 is 15.4 Å². The number of ether oxygens (including phenoxy) is 1. The predicted octanol–water partition coefficient (Wildman–Crippen LogP) is 2.98. The van der Waals surface area contributed by atoms with Crippen molar-refractivity contribution in [3.63, 3.8) is 0 Å². The molecule has 19 heavy (non-hydrogen) atoms. The summed E-state index contributed by atoms with van der Waals surface area (Å²) in [6.45, 7) is 7.07. The van der Waals surface area contributed by atoms with Gasteiger partial charge in [0.25, 0.3) is 0 Å². The average Bonchev–Trinajstić information content (AvgIpc) is 2.42. The van der Waals surface area contributed by atoms with E-state index in [1.54, 1.807) is 0 Å². The maximum Gasteiger partial charge on any atom is 0.0621 e. The van der Waals surface area contributed by atoms with Gasteiger partial charge in [-0.3, -0.25) is 0 Å². The Morgan fingerprint density at radius 1 is 1.47 bits per heavy atom. The summed E-state index contributed by atoms with van der Waals surface area (Å²) in [5, 5.41) is 7.13. The van der Waals surface area contributed by atoms with Crippen LogP contribution in [0.15, 0.2) is 29.2 Å². The van der Waals surface area contributed by atoms with Crippen LogP contribution in [0.2, 0.25) is 0 Å². The smallest absolute Gasteiger partial charge is 0.0621 e. The number of nitrogens with one attached hydrogen (secondary N) is 2. The Labute approximate surface area is 120 Å². The zero-order valence-corrected chi connectivity index (χ0v) is 12.6. The van der Waals surface area contributed by atoms with Crippen LogP contribution in [-0.2, 0) is 4.74 Å². The van der Waals surface area contributed by atoms with Crippen molar-refractivity contribution >= 4 is 17.4 Å². The summed E-state index contributed by atoms with van der Waals surface area (Å²) in [5.74, 6) is 1.10. The summed E-state index contributed by atoms with van der Waals surface area (Å²) in [5.41, 5.74) is 1.25. The number of hydrogen-bond donors (Lipinski definition) is 2. The van der Waals surface area contributed by atoms with E-state index in [-0.39, 0.29) is 0 Å². The van der Waals surface area contributed by atoms with Crippen LogP contribution in [0.25, 0.3) is 0 Å². The van der Waals surface area contributed by atoms with Crippen molar-refractivity contribution in [3.05, 3.63) is 24.3 Å². The third kappa shape index (κ3) is 4.71. The summed E-state index contributed by atoms with van der Waals surface area (Å²) in [6.07, 6.45) is 1.09. The number of thioether (sulfide) groups is 1. The molecule has 2 rings (SSSR count). The molecule has 1 saturated heterocycles. The Kier molecular flexibility index (Phi) is 6.01. The minimum Gasteiger partial charge on any atom is -0.382 e.